The second-order valence-electron chi connectivity index (χ2n) is 4.97. The molecule has 86 valence electrons. The maximum absolute atomic E-state index is 9.13. The molecule has 0 radical (unpaired) electrons. The third-order valence-electron chi connectivity index (χ3n) is 3.15. The number of nitriles is 1. The van der Waals surface area contributed by atoms with Crippen molar-refractivity contribution in [2.75, 3.05) is 5.75 Å². The van der Waals surface area contributed by atoms with Crippen molar-refractivity contribution in [3.8, 4) is 6.07 Å². The van der Waals surface area contributed by atoms with Crippen LogP contribution in [0.1, 0.15) is 52.4 Å². The van der Waals surface area contributed by atoms with Gasteiger partial charge in [-0.15, -0.1) is 0 Å². The third-order valence-corrected chi connectivity index (χ3v) is 4.61. The molecule has 0 bridgehead atoms. The van der Waals surface area contributed by atoms with Crippen LogP contribution >= 0.6 is 11.8 Å². The Kier molecular flexibility index (Phi) is 6.17. The van der Waals surface area contributed by atoms with Crippen LogP contribution in [0.3, 0.4) is 0 Å². The Morgan fingerprint density at radius 1 is 1.27 bits per heavy atom. The monoisotopic (exact) mass is 225 g/mol. The highest BCUT2D eigenvalue weighted by atomic mass is 32.2. The van der Waals surface area contributed by atoms with Crippen molar-refractivity contribution in [3.63, 3.8) is 0 Å². The molecule has 0 aromatic carbocycles. The van der Waals surface area contributed by atoms with Crippen LogP contribution in [0.15, 0.2) is 0 Å². The average molecular weight is 225 g/mol. The van der Waals surface area contributed by atoms with Crippen molar-refractivity contribution in [3.05, 3.63) is 0 Å². The lowest BCUT2D eigenvalue weighted by Crippen LogP contribution is -2.15. The fourth-order valence-electron chi connectivity index (χ4n) is 2.08. The largest absolute Gasteiger partial charge is 0.198 e. The van der Waals surface area contributed by atoms with Gasteiger partial charge in [0.1, 0.15) is 0 Å². The smallest absolute Gasteiger partial charge is 0.0667 e. The van der Waals surface area contributed by atoms with Gasteiger partial charge in [-0.25, -0.2) is 0 Å². The van der Waals surface area contributed by atoms with Crippen molar-refractivity contribution in [1.82, 2.24) is 0 Å². The summed E-state index contributed by atoms with van der Waals surface area (Å²) >= 11 is 2.05. The van der Waals surface area contributed by atoms with E-state index in [0.717, 1.165) is 12.3 Å². The second kappa shape index (κ2) is 7.17. The van der Waals surface area contributed by atoms with Crippen LogP contribution in [-0.2, 0) is 0 Å². The van der Waals surface area contributed by atoms with Gasteiger partial charge in [0.05, 0.1) is 12.0 Å². The minimum Gasteiger partial charge on any atom is -0.198 e. The zero-order chi connectivity index (χ0) is 11.1. The first kappa shape index (κ1) is 12.9. The van der Waals surface area contributed by atoms with Crippen LogP contribution in [0, 0.1) is 23.2 Å². The molecule has 1 saturated carbocycles. The molecule has 0 spiro atoms. The first-order valence-electron chi connectivity index (χ1n) is 6.25. The third kappa shape index (κ3) is 4.93. The molecule has 1 aliphatic carbocycles. The highest BCUT2D eigenvalue weighted by molar-refractivity contribution is 7.99. The summed E-state index contributed by atoms with van der Waals surface area (Å²) in [6.07, 6.45) is 7.62. The summed E-state index contributed by atoms with van der Waals surface area (Å²) in [5.74, 6) is 2.36. The first-order chi connectivity index (χ1) is 7.24. The van der Waals surface area contributed by atoms with Crippen LogP contribution in [-0.4, -0.2) is 11.0 Å². The summed E-state index contributed by atoms with van der Waals surface area (Å²) in [5.41, 5.74) is 0. The zero-order valence-electron chi connectivity index (χ0n) is 10.0. The quantitative estimate of drug-likeness (QED) is 0.668. The molecule has 1 fully saturated rings. The Balaban J connectivity index is 2.32. The Morgan fingerprint density at radius 2 is 2.00 bits per heavy atom. The fraction of sp³-hybridized carbons (Fsp3) is 0.923. The van der Waals surface area contributed by atoms with Crippen LogP contribution in [0.2, 0.25) is 0 Å². The van der Waals surface area contributed by atoms with Crippen molar-refractivity contribution >= 4 is 11.8 Å². The number of rotatable bonds is 4. The van der Waals surface area contributed by atoms with E-state index in [-0.39, 0.29) is 0 Å². The van der Waals surface area contributed by atoms with Gasteiger partial charge in [-0.1, -0.05) is 33.1 Å². The first-order valence-corrected chi connectivity index (χ1v) is 7.30. The summed E-state index contributed by atoms with van der Waals surface area (Å²) in [6.45, 7) is 4.55. The van der Waals surface area contributed by atoms with Gasteiger partial charge >= 0.3 is 0 Å². The van der Waals surface area contributed by atoms with E-state index in [1.165, 1.54) is 37.9 Å². The predicted molar refractivity (Wildman–Crippen MR) is 67.9 cm³/mol. The molecule has 1 rings (SSSR count). The lowest BCUT2D eigenvalue weighted by molar-refractivity contribution is 0.581. The van der Waals surface area contributed by atoms with E-state index >= 15 is 0 Å². The zero-order valence-corrected chi connectivity index (χ0v) is 10.9. The molecule has 2 unspecified atom stereocenters. The molecule has 2 atom stereocenters. The van der Waals surface area contributed by atoms with E-state index in [4.69, 9.17) is 5.26 Å². The van der Waals surface area contributed by atoms with E-state index in [1.54, 1.807) is 0 Å². The van der Waals surface area contributed by atoms with E-state index in [0.29, 0.717) is 11.2 Å². The second-order valence-corrected chi connectivity index (χ2v) is 6.31. The summed E-state index contributed by atoms with van der Waals surface area (Å²) in [5, 5.41) is 9.75. The molecular formula is C13H23NS. The number of thioether (sulfide) groups is 1. The number of hydrogen-bond donors (Lipinski definition) is 0. The molecular weight excluding hydrogens is 202 g/mol. The summed E-state index contributed by atoms with van der Waals surface area (Å²) in [7, 11) is 0. The fourth-order valence-corrected chi connectivity index (χ4v) is 3.75. The van der Waals surface area contributed by atoms with Gasteiger partial charge in [0.2, 0.25) is 0 Å². The Bertz CT molecular complexity index is 207. The predicted octanol–water partition coefficient (Wildman–Crippen LogP) is 4.24. The molecule has 0 N–H and O–H groups in total. The maximum Gasteiger partial charge on any atom is 0.0667 e. The van der Waals surface area contributed by atoms with Crippen LogP contribution < -0.4 is 0 Å². The van der Waals surface area contributed by atoms with E-state index in [9.17, 15) is 0 Å². The minimum atomic E-state index is 0.324. The van der Waals surface area contributed by atoms with Gasteiger partial charge in [0, 0.05) is 5.25 Å². The Labute approximate surface area is 98.6 Å². The van der Waals surface area contributed by atoms with Gasteiger partial charge in [0.15, 0.2) is 0 Å². The molecule has 0 saturated heterocycles. The molecule has 1 nitrogen and oxygen atoms in total. The Morgan fingerprint density at radius 3 is 2.67 bits per heavy atom. The van der Waals surface area contributed by atoms with Crippen LogP contribution in [0.4, 0.5) is 0 Å². The lowest BCUT2D eigenvalue weighted by Gasteiger charge is -2.19. The highest BCUT2D eigenvalue weighted by Crippen LogP contribution is 2.32. The lowest BCUT2D eigenvalue weighted by atomic mass is 10.0. The topological polar surface area (TPSA) is 23.8 Å². The van der Waals surface area contributed by atoms with Gasteiger partial charge in [-0.3, -0.25) is 0 Å². The molecule has 15 heavy (non-hydrogen) atoms. The summed E-state index contributed by atoms with van der Waals surface area (Å²) < 4.78 is 0. The van der Waals surface area contributed by atoms with Crippen molar-refractivity contribution in [2.45, 2.75) is 57.6 Å². The number of nitrogens with zero attached hydrogens (tertiary/aromatic N) is 1. The van der Waals surface area contributed by atoms with Gasteiger partial charge in [-0.2, -0.15) is 17.0 Å². The maximum atomic E-state index is 9.13. The molecule has 0 amide bonds. The van der Waals surface area contributed by atoms with Crippen LogP contribution in [0.25, 0.3) is 0 Å². The van der Waals surface area contributed by atoms with Crippen molar-refractivity contribution in [2.24, 2.45) is 11.8 Å². The van der Waals surface area contributed by atoms with Gasteiger partial charge < -0.3 is 0 Å². The highest BCUT2D eigenvalue weighted by Gasteiger charge is 2.23. The van der Waals surface area contributed by atoms with Crippen molar-refractivity contribution in [1.29, 1.82) is 5.26 Å². The van der Waals surface area contributed by atoms with Gasteiger partial charge in [-0.05, 0) is 30.9 Å². The molecule has 0 heterocycles. The molecule has 2 heteroatoms. The van der Waals surface area contributed by atoms with Crippen molar-refractivity contribution < 1.29 is 0 Å². The minimum absolute atomic E-state index is 0.324. The molecule has 0 aromatic heterocycles. The van der Waals surface area contributed by atoms with Gasteiger partial charge in [0.25, 0.3) is 0 Å². The SMILES string of the molecule is CC(C)CCSC1CCCCCC1C#N. The van der Waals surface area contributed by atoms with E-state index < -0.39 is 0 Å². The van der Waals surface area contributed by atoms with E-state index in [1.807, 2.05) is 11.8 Å². The normalized spacial score (nSPS) is 27.3. The van der Waals surface area contributed by atoms with E-state index in [2.05, 4.69) is 19.9 Å². The average Bonchev–Trinajstić information content (AvgIpc) is 2.42. The summed E-state index contributed by atoms with van der Waals surface area (Å²) in [6, 6.07) is 2.51. The molecule has 0 aliphatic heterocycles. The van der Waals surface area contributed by atoms with Crippen LogP contribution in [0.5, 0.6) is 0 Å². The molecule has 1 aliphatic rings. The Hall–Kier alpha value is -0.160. The molecule has 0 aromatic rings. The standard InChI is InChI=1S/C13H23NS/c1-11(2)8-9-15-13-7-5-3-4-6-12(13)10-14/h11-13H,3-9H2,1-2H3. The summed E-state index contributed by atoms with van der Waals surface area (Å²) in [4.78, 5) is 0. The number of hydrogen-bond acceptors (Lipinski definition) is 2.